The molecule has 0 aliphatic carbocycles. The molecule has 37 heavy (non-hydrogen) atoms. The Morgan fingerprint density at radius 3 is 1.95 bits per heavy atom. The van der Waals surface area contributed by atoms with Crippen LogP contribution < -0.4 is 11.5 Å². The maximum Gasteiger partial charge on any atom is 0.340 e. The molecule has 3 rings (SSSR count). The van der Waals surface area contributed by atoms with E-state index in [-0.39, 0.29) is 34.9 Å². The SMILES string of the molecule is CCOC(=O)c1ccccc1N=Nc1cc(S(=O)(=O)O)c(N)c(N=Nc2ccccc2S(=O)(=O)O)c1N. The molecular formula is C21H20N6O8S2. The second-order valence-electron chi connectivity index (χ2n) is 7.13. The summed E-state index contributed by atoms with van der Waals surface area (Å²) >= 11 is 0. The van der Waals surface area contributed by atoms with Crippen molar-refractivity contribution in [3.63, 3.8) is 0 Å². The van der Waals surface area contributed by atoms with Crippen LogP contribution in [0, 0.1) is 0 Å². The van der Waals surface area contributed by atoms with Gasteiger partial charge in [-0.2, -0.15) is 16.8 Å². The Bertz CT molecular complexity index is 1640. The first-order valence-electron chi connectivity index (χ1n) is 10.2. The van der Waals surface area contributed by atoms with Gasteiger partial charge < -0.3 is 16.2 Å². The Kier molecular flexibility index (Phi) is 7.97. The van der Waals surface area contributed by atoms with E-state index in [1.54, 1.807) is 19.1 Å². The van der Waals surface area contributed by atoms with Crippen LogP contribution in [-0.2, 0) is 25.0 Å². The standard InChI is InChI=1S/C21H20N6O8S2/c1-2-35-21(28)12-7-3-4-8-13(12)24-26-15-11-17(37(32,33)34)19(23)20(18(15)22)27-25-14-9-5-6-10-16(14)36(29,30)31/h3-11H,2,22-23H2,1H3,(H,29,30,31)(H,32,33,34). The summed E-state index contributed by atoms with van der Waals surface area (Å²) in [6.45, 7) is 1.74. The third kappa shape index (κ3) is 6.31. The first-order chi connectivity index (χ1) is 17.3. The molecule has 3 aromatic carbocycles. The maximum absolute atomic E-state index is 12.2. The molecule has 0 saturated heterocycles. The van der Waals surface area contributed by atoms with E-state index in [1.807, 2.05) is 0 Å². The van der Waals surface area contributed by atoms with Crippen molar-refractivity contribution in [2.75, 3.05) is 18.1 Å². The van der Waals surface area contributed by atoms with E-state index in [2.05, 4.69) is 20.5 Å². The predicted octanol–water partition coefficient (Wildman–Crippen LogP) is 4.35. The van der Waals surface area contributed by atoms with Gasteiger partial charge in [-0.15, -0.1) is 20.5 Å². The Morgan fingerprint density at radius 1 is 0.784 bits per heavy atom. The number of carbonyl (C=O) groups is 1. The summed E-state index contributed by atoms with van der Waals surface area (Å²) in [5.74, 6) is -0.673. The lowest BCUT2D eigenvalue weighted by Crippen LogP contribution is -2.05. The van der Waals surface area contributed by atoms with Gasteiger partial charge in [0.15, 0.2) is 0 Å². The van der Waals surface area contributed by atoms with Gasteiger partial charge in [0.1, 0.15) is 32.5 Å². The first-order valence-corrected chi connectivity index (χ1v) is 13.1. The smallest absolute Gasteiger partial charge is 0.340 e. The zero-order valence-electron chi connectivity index (χ0n) is 19.0. The number of esters is 1. The molecule has 0 atom stereocenters. The van der Waals surface area contributed by atoms with E-state index >= 15 is 0 Å². The number of rotatable bonds is 8. The predicted molar refractivity (Wildman–Crippen MR) is 132 cm³/mol. The van der Waals surface area contributed by atoms with Crippen LogP contribution in [-0.4, -0.2) is 38.5 Å². The van der Waals surface area contributed by atoms with Gasteiger partial charge in [0.05, 0.1) is 23.5 Å². The number of hydrogen-bond donors (Lipinski definition) is 4. The van der Waals surface area contributed by atoms with Crippen LogP contribution in [0.15, 0.2) is 84.8 Å². The molecule has 0 aliphatic heterocycles. The Morgan fingerprint density at radius 2 is 1.32 bits per heavy atom. The summed E-state index contributed by atoms with van der Waals surface area (Å²) in [5.41, 5.74) is 10.00. The lowest BCUT2D eigenvalue weighted by Gasteiger charge is -2.11. The van der Waals surface area contributed by atoms with Crippen molar-refractivity contribution in [1.29, 1.82) is 0 Å². The summed E-state index contributed by atoms with van der Waals surface area (Å²) in [4.78, 5) is 10.8. The molecule has 0 radical (unpaired) electrons. The van der Waals surface area contributed by atoms with Crippen molar-refractivity contribution in [2.45, 2.75) is 16.7 Å². The second kappa shape index (κ2) is 10.8. The highest BCUT2D eigenvalue weighted by molar-refractivity contribution is 7.86. The normalized spacial score (nSPS) is 12.3. The third-order valence-electron chi connectivity index (χ3n) is 4.66. The molecule has 0 heterocycles. The van der Waals surface area contributed by atoms with Crippen molar-refractivity contribution < 1.29 is 35.5 Å². The number of nitrogens with two attached hydrogens (primary N) is 2. The van der Waals surface area contributed by atoms with E-state index < -0.39 is 47.4 Å². The molecule has 14 nitrogen and oxygen atoms in total. The maximum atomic E-state index is 12.2. The molecule has 0 bridgehead atoms. The monoisotopic (exact) mass is 548 g/mol. The second-order valence-corrected chi connectivity index (χ2v) is 9.91. The number of azo groups is 2. The molecule has 0 aromatic heterocycles. The highest BCUT2D eigenvalue weighted by atomic mass is 32.2. The van der Waals surface area contributed by atoms with E-state index in [1.165, 1.54) is 30.3 Å². The van der Waals surface area contributed by atoms with Gasteiger partial charge in [-0.05, 0) is 37.3 Å². The lowest BCUT2D eigenvalue weighted by atomic mass is 10.2. The molecule has 6 N–H and O–H groups in total. The molecule has 0 amide bonds. The number of benzene rings is 3. The lowest BCUT2D eigenvalue weighted by molar-refractivity contribution is 0.0527. The summed E-state index contributed by atoms with van der Waals surface area (Å²) in [6, 6.07) is 11.9. The minimum absolute atomic E-state index is 0.0656. The van der Waals surface area contributed by atoms with Crippen LogP contribution in [0.4, 0.5) is 34.1 Å². The first kappa shape index (κ1) is 27.3. The zero-order valence-corrected chi connectivity index (χ0v) is 20.6. The fourth-order valence-electron chi connectivity index (χ4n) is 2.98. The van der Waals surface area contributed by atoms with Gasteiger partial charge in [-0.25, -0.2) is 4.79 Å². The van der Waals surface area contributed by atoms with Crippen molar-refractivity contribution in [3.05, 3.63) is 60.2 Å². The van der Waals surface area contributed by atoms with Gasteiger partial charge >= 0.3 is 5.97 Å². The highest BCUT2D eigenvalue weighted by Gasteiger charge is 2.23. The Balaban J connectivity index is 2.17. The molecule has 0 spiro atoms. The minimum atomic E-state index is -4.92. The molecule has 0 aliphatic rings. The van der Waals surface area contributed by atoms with Crippen molar-refractivity contribution >= 4 is 60.3 Å². The van der Waals surface area contributed by atoms with E-state index in [4.69, 9.17) is 16.2 Å². The average molecular weight is 549 g/mol. The molecule has 194 valence electrons. The summed E-state index contributed by atoms with van der Waals surface area (Å²) < 4.78 is 71.1. The quantitative estimate of drug-likeness (QED) is 0.134. The number of carbonyl (C=O) groups excluding carboxylic acids is 1. The van der Waals surface area contributed by atoms with Gasteiger partial charge in [-0.1, -0.05) is 24.3 Å². The van der Waals surface area contributed by atoms with Gasteiger partial charge in [-0.3, -0.25) is 9.11 Å². The summed E-state index contributed by atoms with van der Waals surface area (Å²) in [6.07, 6.45) is 0. The number of hydrogen-bond acceptors (Lipinski definition) is 12. The summed E-state index contributed by atoms with van der Waals surface area (Å²) in [7, 11) is -9.59. The fourth-order valence-corrected chi connectivity index (χ4v) is 4.24. The number of anilines is 2. The average Bonchev–Trinajstić information content (AvgIpc) is 2.82. The van der Waals surface area contributed by atoms with E-state index in [9.17, 15) is 30.7 Å². The largest absolute Gasteiger partial charge is 0.462 e. The van der Waals surface area contributed by atoms with Crippen LogP contribution in [0.25, 0.3) is 0 Å². The van der Waals surface area contributed by atoms with Crippen LogP contribution in [0.2, 0.25) is 0 Å². The number of nitrogen functional groups attached to an aromatic ring is 2. The van der Waals surface area contributed by atoms with Crippen molar-refractivity contribution in [2.24, 2.45) is 20.5 Å². The van der Waals surface area contributed by atoms with Crippen molar-refractivity contribution in [1.82, 2.24) is 0 Å². The molecule has 0 unspecified atom stereocenters. The zero-order chi connectivity index (χ0) is 27.4. The highest BCUT2D eigenvalue weighted by Crippen LogP contribution is 2.43. The topological polar surface area (TPSA) is 237 Å². The number of ether oxygens (including phenoxy) is 1. The Labute approximate surface area is 211 Å². The van der Waals surface area contributed by atoms with Gasteiger partial charge in [0, 0.05) is 0 Å². The molecule has 0 fully saturated rings. The molecule has 3 aromatic rings. The van der Waals surface area contributed by atoms with Crippen molar-refractivity contribution in [3.8, 4) is 0 Å². The van der Waals surface area contributed by atoms with Gasteiger partial charge in [0.25, 0.3) is 20.2 Å². The van der Waals surface area contributed by atoms with Crippen LogP contribution in [0.3, 0.4) is 0 Å². The van der Waals surface area contributed by atoms with Crippen LogP contribution in [0.1, 0.15) is 17.3 Å². The molecule has 16 heteroatoms. The van der Waals surface area contributed by atoms with Crippen LogP contribution >= 0.6 is 0 Å². The van der Waals surface area contributed by atoms with E-state index in [0.29, 0.717) is 0 Å². The molecule has 0 saturated carbocycles. The minimum Gasteiger partial charge on any atom is -0.462 e. The van der Waals surface area contributed by atoms with E-state index in [0.717, 1.165) is 12.1 Å². The fraction of sp³-hybridized carbons (Fsp3) is 0.0952. The Hall–Kier alpha value is -4.25. The summed E-state index contributed by atoms with van der Waals surface area (Å²) in [5, 5.41) is 15.3. The molecular weight excluding hydrogens is 528 g/mol. The number of nitrogens with zero attached hydrogens (tertiary/aromatic N) is 4. The third-order valence-corrected chi connectivity index (χ3v) is 6.46. The van der Waals surface area contributed by atoms with Gasteiger partial charge in [0.2, 0.25) is 0 Å². The van der Waals surface area contributed by atoms with Crippen LogP contribution in [0.5, 0.6) is 0 Å².